The topological polar surface area (TPSA) is 243 Å². The number of hydrogen-bond acceptors (Lipinski definition) is 13. The molecule has 17 nitrogen and oxygen atoms in total. The number of nitrogens with zero attached hydrogens (tertiary/aromatic N) is 5. The first-order valence-corrected chi connectivity index (χ1v) is 21.8. The summed E-state index contributed by atoms with van der Waals surface area (Å²) in [7, 11) is -3.60. The van der Waals surface area contributed by atoms with Crippen LogP contribution in [0.15, 0.2) is 79.0 Å². The molecular weight excluding hydrogens is 776 g/mol. The fraction of sp³-hybridized carbons (Fsp3) is 0.436. The highest BCUT2D eigenvalue weighted by atomic mass is 28.4. The Morgan fingerprint density at radius 3 is 2.48 bits per heavy atom. The number of fused-ring (bicyclic) bond motifs is 2. The molecule has 58 heavy (non-hydrogen) atoms. The fourth-order valence-electron chi connectivity index (χ4n) is 8.69. The van der Waals surface area contributed by atoms with Crippen LogP contribution in [0.25, 0.3) is 0 Å². The van der Waals surface area contributed by atoms with Crippen molar-refractivity contribution in [2.45, 2.75) is 93.4 Å². The van der Waals surface area contributed by atoms with Gasteiger partial charge in [0.1, 0.15) is 18.3 Å². The van der Waals surface area contributed by atoms with Gasteiger partial charge < -0.3 is 49.3 Å². The molecule has 0 saturated carbocycles. The molecule has 19 heteroatoms. The predicted molar refractivity (Wildman–Crippen MR) is 206 cm³/mol. The Hall–Kier alpha value is -4.99. The van der Waals surface area contributed by atoms with Crippen LogP contribution >= 0.6 is 0 Å². The van der Waals surface area contributed by atoms with Crippen LogP contribution in [0.4, 0.5) is 21.2 Å². The van der Waals surface area contributed by atoms with E-state index in [4.69, 9.17) is 9.47 Å². The zero-order valence-corrected chi connectivity index (χ0v) is 32.8. The number of aromatic nitrogens is 3. The Kier molecular flexibility index (Phi) is 11.3. The number of nitrogens with one attached hydrogen (secondary N) is 1. The van der Waals surface area contributed by atoms with E-state index in [1.807, 2.05) is 30.3 Å². The number of carbonyl (C=O) groups excluding carboxylic acids is 2. The van der Waals surface area contributed by atoms with Crippen LogP contribution in [-0.4, -0.2) is 109 Å². The molecular formula is C39H45FN6O11Si. The van der Waals surface area contributed by atoms with Gasteiger partial charge in [0, 0.05) is 47.6 Å². The number of nitro groups is 1. The Morgan fingerprint density at radius 1 is 1.05 bits per heavy atom. The molecule has 308 valence electrons. The quantitative estimate of drug-likeness (QED) is 0.0522. The maximum atomic E-state index is 16.5. The zero-order valence-electron chi connectivity index (χ0n) is 31.8. The summed E-state index contributed by atoms with van der Waals surface area (Å²) in [6.45, 7) is 4.81. The first kappa shape index (κ1) is 41.2. The van der Waals surface area contributed by atoms with Crippen molar-refractivity contribution in [1.82, 2.24) is 15.0 Å². The minimum Gasteiger partial charge on any atom is -0.395 e. The average Bonchev–Trinajstić information content (AvgIpc) is 3.85. The maximum absolute atomic E-state index is 16.5. The third-order valence-electron chi connectivity index (χ3n) is 11.5. The average molecular weight is 821 g/mol. The number of non-ortho nitro benzene ring substituents is 1. The van der Waals surface area contributed by atoms with E-state index in [9.17, 15) is 45.2 Å². The molecule has 0 aliphatic carbocycles. The van der Waals surface area contributed by atoms with E-state index in [1.54, 1.807) is 49.1 Å². The van der Waals surface area contributed by atoms with Gasteiger partial charge >= 0.3 is 0 Å². The second-order valence-corrected chi connectivity index (χ2v) is 19.4. The molecule has 4 aromatic rings. The summed E-state index contributed by atoms with van der Waals surface area (Å²) in [6, 6.07) is 19.8. The molecule has 1 aromatic heterocycles. The second kappa shape index (κ2) is 16.0. The molecule has 6 N–H and O–H groups in total. The van der Waals surface area contributed by atoms with Crippen LogP contribution in [0.5, 0.6) is 0 Å². The standard InChI is InChI=1S/C39H45FN6O11Si/c1-21-35(58(2,3)40)30(14-15-44-19-28(42-43-44)26(20-47)23-9-5-4-6-10-23)57-39(21)27-17-25(46(54)55)12-13-29(27)45(38(39)53)18-22-8-7-11-24(16-22)41-36(51)34-32(49)31(48)33(50)37(52)56-34/h4-13,16-17,19,21,26,30-35,37,47-50,52H,14-15,18,20H2,1-3H3,(H,41,51)/t21-,26?,30+,31+,32+,33-,34+,35-,37-,39+/m1/s1. The molecule has 0 radical (unpaired) electrons. The Bertz CT molecular complexity index is 2170. The van der Waals surface area contributed by atoms with Gasteiger partial charge in [-0.3, -0.25) is 24.4 Å². The van der Waals surface area contributed by atoms with Gasteiger partial charge in [0.25, 0.3) is 17.5 Å². The van der Waals surface area contributed by atoms with E-state index >= 15 is 4.11 Å². The molecule has 1 spiro atoms. The van der Waals surface area contributed by atoms with E-state index in [-0.39, 0.29) is 43.1 Å². The highest BCUT2D eigenvalue weighted by Crippen LogP contribution is 2.60. The van der Waals surface area contributed by atoms with Crippen molar-refractivity contribution in [3.05, 3.63) is 111 Å². The lowest BCUT2D eigenvalue weighted by atomic mass is 9.82. The summed E-state index contributed by atoms with van der Waals surface area (Å²) < 4.78 is 29.9. The van der Waals surface area contributed by atoms with Crippen molar-refractivity contribution < 1.29 is 53.6 Å². The van der Waals surface area contributed by atoms with Crippen LogP contribution in [0.1, 0.15) is 41.6 Å². The third-order valence-corrected chi connectivity index (χ3v) is 13.9. The van der Waals surface area contributed by atoms with Crippen molar-refractivity contribution in [2.75, 3.05) is 16.8 Å². The second-order valence-electron chi connectivity index (χ2n) is 15.6. The van der Waals surface area contributed by atoms with Crippen molar-refractivity contribution in [3.63, 3.8) is 0 Å². The van der Waals surface area contributed by atoms with Gasteiger partial charge in [-0.15, -0.1) is 5.10 Å². The van der Waals surface area contributed by atoms with E-state index in [2.05, 4.69) is 15.6 Å². The number of aryl methyl sites for hydroxylation is 1. The molecule has 7 rings (SSSR count). The third kappa shape index (κ3) is 7.43. The van der Waals surface area contributed by atoms with Gasteiger partial charge in [-0.05, 0) is 48.8 Å². The number of rotatable bonds is 12. The summed E-state index contributed by atoms with van der Waals surface area (Å²) in [5, 5.41) is 73.4. The highest BCUT2D eigenvalue weighted by molar-refractivity contribution is 6.72. The van der Waals surface area contributed by atoms with Gasteiger partial charge in [-0.25, -0.2) is 0 Å². The normalized spacial score (nSPS) is 28.8. The van der Waals surface area contributed by atoms with Gasteiger partial charge in [0.15, 0.2) is 18.0 Å². The number of ether oxygens (including phenoxy) is 2. The number of amides is 2. The van der Waals surface area contributed by atoms with Gasteiger partial charge in [-0.1, -0.05) is 54.6 Å². The summed E-state index contributed by atoms with van der Waals surface area (Å²) >= 11 is 0. The monoisotopic (exact) mass is 820 g/mol. The summed E-state index contributed by atoms with van der Waals surface area (Å²) in [5.41, 5.74) is -0.0512. The number of benzene rings is 3. The number of aliphatic hydroxyl groups is 5. The summed E-state index contributed by atoms with van der Waals surface area (Å²) in [4.78, 5) is 40.9. The van der Waals surface area contributed by atoms with Crippen molar-refractivity contribution >= 4 is 37.3 Å². The maximum Gasteiger partial charge on any atom is 0.269 e. The molecule has 0 bridgehead atoms. The predicted octanol–water partition coefficient (Wildman–Crippen LogP) is 2.46. The van der Waals surface area contributed by atoms with E-state index in [1.165, 1.54) is 29.2 Å². The molecule has 2 saturated heterocycles. The SMILES string of the molecule is C[C@@H]1[C@@H]([Si](C)(C)F)[C@H](CCn2cc(C(CO)c3ccccc3)nn2)O[C@@]12C(=O)N(Cc1cccc(NC(=O)[C@H]3O[C@@H](O)[C@H](O)[C@@H](O)[C@@H]3O)c1)c1ccc([N+](=O)[O-])cc12. The number of anilines is 2. The lowest BCUT2D eigenvalue weighted by Crippen LogP contribution is -2.60. The minimum atomic E-state index is -3.60. The van der Waals surface area contributed by atoms with Crippen LogP contribution in [0, 0.1) is 16.0 Å². The highest BCUT2D eigenvalue weighted by Gasteiger charge is 2.67. The molecule has 3 aliphatic rings. The van der Waals surface area contributed by atoms with Crippen molar-refractivity contribution in [1.29, 1.82) is 0 Å². The summed E-state index contributed by atoms with van der Waals surface area (Å²) in [5.74, 6) is -2.61. The van der Waals surface area contributed by atoms with E-state index < -0.39 is 84.9 Å². The number of carbonyl (C=O) groups is 2. The minimum absolute atomic E-state index is 0.0850. The molecule has 4 heterocycles. The first-order chi connectivity index (χ1) is 27.5. The first-order valence-electron chi connectivity index (χ1n) is 18.9. The number of halogens is 1. The van der Waals surface area contributed by atoms with Crippen LogP contribution in [-0.2, 0) is 37.8 Å². The number of aliphatic hydroxyl groups excluding tert-OH is 5. The van der Waals surface area contributed by atoms with Crippen LogP contribution < -0.4 is 10.2 Å². The van der Waals surface area contributed by atoms with Crippen LogP contribution in [0.2, 0.25) is 18.6 Å². The van der Waals surface area contributed by atoms with Crippen molar-refractivity contribution in [3.8, 4) is 0 Å². The smallest absolute Gasteiger partial charge is 0.269 e. The van der Waals surface area contributed by atoms with Crippen molar-refractivity contribution in [2.24, 2.45) is 5.92 Å². The lowest BCUT2D eigenvalue weighted by molar-refractivity contribution is -0.385. The summed E-state index contributed by atoms with van der Waals surface area (Å²) in [6.07, 6.45) is -7.99. The molecule has 3 aromatic carbocycles. The Balaban J connectivity index is 1.15. The van der Waals surface area contributed by atoms with E-state index in [0.717, 1.165) is 5.56 Å². The van der Waals surface area contributed by atoms with Crippen LogP contribution in [0.3, 0.4) is 0 Å². The largest absolute Gasteiger partial charge is 0.395 e. The lowest BCUT2D eigenvalue weighted by Gasteiger charge is -2.37. The van der Waals surface area contributed by atoms with Gasteiger partial charge in [-0.2, -0.15) is 0 Å². The Morgan fingerprint density at radius 2 is 1.79 bits per heavy atom. The zero-order chi connectivity index (χ0) is 41.7. The molecule has 1 unspecified atom stereocenters. The van der Waals surface area contributed by atoms with E-state index in [0.29, 0.717) is 16.9 Å². The molecule has 10 atom stereocenters. The molecule has 2 amide bonds. The number of hydrogen-bond donors (Lipinski definition) is 6. The molecule has 3 aliphatic heterocycles. The van der Waals surface area contributed by atoms with Gasteiger partial charge in [0.2, 0.25) is 8.41 Å². The number of nitro benzene ring substituents is 1. The van der Waals surface area contributed by atoms with Gasteiger partial charge in [0.05, 0.1) is 41.5 Å². The fourth-order valence-corrected chi connectivity index (χ4v) is 11.2. The molecule has 2 fully saturated rings. The Labute approximate surface area is 333 Å².